The molecule has 8 heteroatoms. The summed E-state index contributed by atoms with van der Waals surface area (Å²) >= 11 is 1.20. The highest BCUT2D eigenvalue weighted by molar-refractivity contribution is 7.99. The third-order valence-electron chi connectivity index (χ3n) is 3.62. The van der Waals surface area contributed by atoms with Crippen LogP contribution in [0, 0.1) is 18.3 Å². The predicted octanol–water partition coefficient (Wildman–Crippen LogP) is 3.29. The minimum Gasteiger partial charge on any atom is -0.485 e. The van der Waals surface area contributed by atoms with Gasteiger partial charge in [-0.25, -0.2) is 4.98 Å². The third kappa shape index (κ3) is 5.09. The first-order valence-electron chi connectivity index (χ1n) is 8.17. The van der Waals surface area contributed by atoms with E-state index in [0.717, 1.165) is 11.3 Å². The zero-order valence-corrected chi connectivity index (χ0v) is 15.4. The van der Waals surface area contributed by atoms with Crippen molar-refractivity contribution >= 4 is 23.4 Å². The fourth-order valence-electron chi connectivity index (χ4n) is 2.28. The summed E-state index contributed by atoms with van der Waals surface area (Å²) in [5.74, 6) is 1.27. The van der Waals surface area contributed by atoms with Crippen molar-refractivity contribution in [3.8, 4) is 11.8 Å². The number of carbonyl (C=O) groups excluding carboxylic acids is 1. The molecule has 0 bridgehead atoms. The minimum atomic E-state index is -0.231. The smallest absolute Gasteiger partial charge is 0.234 e. The standard InChI is InChI=1S/C19H17N5O2S/c1-13-6-2-5-9-16(13)26-11-17-22-19(24-23-17)27-12-18(25)21-15-8-4-3-7-14(15)10-20/h2-9H,11-12H2,1H3,(H,21,25)(H,22,23,24). The van der Waals surface area contributed by atoms with Gasteiger partial charge in [0.15, 0.2) is 5.82 Å². The van der Waals surface area contributed by atoms with E-state index in [1.807, 2.05) is 37.3 Å². The normalized spacial score (nSPS) is 10.2. The van der Waals surface area contributed by atoms with E-state index in [-0.39, 0.29) is 18.3 Å². The van der Waals surface area contributed by atoms with Gasteiger partial charge in [0.25, 0.3) is 0 Å². The number of nitriles is 1. The molecule has 0 aliphatic rings. The van der Waals surface area contributed by atoms with Crippen LogP contribution < -0.4 is 10.1 Å². The summed E-state index contributed by atoms with van der Waals surface area (Å²) in [7, 11) is 0. The van der Waals surface area contributed by atoms with E-state index in [9.17, 15) is 4.79 Å². The Morgan fingerprint density at radius 2 is 2.04 bits per heavy atom. The number of nitrogens with one attached hydrogen (secondary N) is 2. The number of hydrogen-bond acceptors (Lipinski definition) is 6. The molecule has 0 unspecified atom stereocenters. The van der Waals surface area contributed by atoms with Gasteiger partial charge in [0.1, 0.15) is 18.4 Å². The maximum Gasteiger partial charge on any atom is 0.234 e. The van der Waals surface area contributed by atoms with E-state index >= 15 is 0 Å². The Morgan fingerprint density at radius 1 is 1.26 bits per heavy atom. The van der Waals surface area contributed by atoms with Crippen LogP contribution in [0.2, 0.25) is 0 Å². The molecule has 0 spiro atoms. The van der Waals surface area contributed by atoms with Crippen molar-refractivity contribution in [2.24, 2.45) is 0 Å². The molecule has 3 rings (SSSR count). The first-order chi connectivity index (χ1) is 13.2. The highest BCUT2D eigenvalue weighted by Crippen LogP contribution is 2.19. The number of aromatic nitrogens is 3. The lowest BCUT2D eigenvalue weighted by atomic mass is 10.2. The maximum absolute atomic E-state index is 12.1. The second-order valence-electron chi connectivity index (χ2n) is 5.61. The zero-order chi connectivity index (χ0) is 19.1. The monoisotopic (exact) mass is 379 g/mol. The summed E-state index contributed by atoms with van der Waals surface area (Å²) in [6.45, 7) is 2.24. The average Bonchev–Trinajstić information content (AvgIpc) is 3.14. The lowest BCUT2D eigenvalue weighted by molar-refractivity contribution is -0.113. The van der Waals surface area contributed by atoms with Crippen LogP contribution in [0.4, 0.5) is 5.69 Å². The van der Waals surface area contributed by atoms with Gasteiger partial charge in [-0.15, -0.1) is 5.10 Å². The number of ether oxygens (including phenoxy) is 1. The predicted molar refractivity (Wildman–Crippen MR) is 102 cm³/mol. The molecule has 0 fully saturated rings. The first-order valence-corrected chi connectivity index (χ1v) is 9.16. The summed E-state index contributed by atoms with van der Waals surface area (Å²) in [5, 5.41) is 19.1. The van der Waals surface area contributed by atoms with Gasteiger partial charge in [0.2, 0.25) is 11.1 Å². The van der Waals surface area contributed by atoms with Crippen LogP contribution in [0.25, 0.3) is 0 Å². The molecule has 0 radical (unpaired) electrons. The second-order valence-corrected chi connectivity index (χ2v) is 6.56. The molecular weight excluding hydrogens is 362 g/mol. The molecule has 1 heterocycles. The summed E-state index contributed by atoms with van der Waals surface area (Å²) in [5.41, 5.74) is 1.96. The van der Waals surface area contributed by atoms with Crippen LogP contribution in [0.3, 0.4) is 0 Å². The van der Waals surface area contributed by atoms with Crippen LogP contribution >= 0.6 is 11.8 Å². The summed E-state index contributed by atoms with van der Waals surface area (Å²) in [6, 6.07) is 16.6. The molecule has 1 amide bonds. The topological polar surface area (TPSA) is 104 Å². The Hall–Kier alpha value is -3.31. The average molecular weight is 379 g/mol. The van der Waals surface area contributed by atoms with E-state index in [4.69, 9.17) is 10.00 Å². The molecule has 0 atom stereocenters. The van der Waals surface area contributed by atoms with Crippen molar-refractivity contribution in [2.45, 2.75) is 18.7 Å². The number of carbonyl (C=O) groups is 1. The molecule has 1 aromatic heterocycles. The molecule has 0 aliphatic carbocycles. The number of anilines is 1. The Kier molecular flexibility index (Phi) is 6.07. The quantitative estimate of drug-likeness (QED) is 0.611. The number of para-hydroxylation sites is 2. The Morgan fingerprint density at radius 3 is 2.85 bits per heavy atom. The fourth-order valence-corrected chi connectivity index (χ4v) is 2.89. The van der Waals surface area contributed by atoms with E-state index in [0.29, 0.717) is 22.2 Å². The van der Waals surface area contributed by atoms with Gasteiger partial charge in [-0.3, -0.25) is 9.89 Å². The number of hydrogen-bond donors (Lipinski definition) is 2. The Labute approximate surface area is 160 Å². The van der Waals surface area contributed by atoms with E-state index in [1.165, 1.54) is 11.8 Å². The van der Waals surface area contributed by atoms with Gasteiger partial charge in [-0.2, -0.15) is 5.26 Å². The van der Waals surface area contributed by atoms with Gasteiger partial charge in [-0.1, -0.05) is 42.1 Å². The molecule has 2 N–H and O–H groups in total. The van der Waals surface area contributed by atoms with E-state index in [2.05, 4.69) is 20.5 Å². The number of benzene rings is 2. The van der Waals surface area contributed by atoms with Gasteiger partial charge in [0.05, 0.1) is 17.0 Å². The van der Waals surface area contributed by atoms with Crippen LogP contribution in [-0.4, -0.2) is 26.8 Å². The molecule has 2 aromatic carbocycles. The number of thioether (sulfide) groups is 1. The number of nitrogens with zero attached hydrogens (tertiary/aromatic N) is 3. The molecule has 0 saturated carbocycles. The Balaban J connectivity index is 1.50. The van der Waals surface area contributed by atoms with Crippen LogP contribution in [0.5, 0.6) is 5.75 Å². The number of amides is 1. The largest absolute Gasteiger partial charge is 0.485 e. The van der Waals surface area contributed by atoms with Crippen LogP contribution in [0.15, 0.2) is 53.7 Å². The van der Waals surface area contributed by atoms with Gasteiger partial charge >= 0.3 is 0 Å². The molecule has 3 aromatic rings. The summed E-state index contributed by atoms with van der Waals surface area (Å²) in [6.07, 6.45) is 0. The zero-order valence-electron chi connectivity index (χ0n) is 14.6. The lowest BCUT2D eigenvalue weighted by Crippen LogP contribution is -2.15. The van der Waals surface area contributed by atoms with Gasteiger partial charge in [0, 0.05) is 0 Å². The van der Waals surface area contributed by atoms with E-state index < -0.39 is 0 Å². The number of rotatable bonds is 7. The molecule has 27 heavy (non-hydrogen) atoms. The molecular formula is C19H17N5O2S. The molecule has 7 nitrogen and oxygen atoms in total. The minimum absolute atomic E-state index is 0.135. The molecule has 0 saturated heterocycles. The lowest BCUT2D eigenvalue weighted by Gasteiger charge is -2.06. The maximum atomic E-state index is 12.1. The van der Waals surface area contributed by atoms with E-state index in [1.54, 1.807) is 24.3 Å². The van der Waals surface area contributed by atoms with Crippen molar-refractivity contribution in [1.82, 2.24) is 15.2 Å². The van der Waals surface area contributed by atoms with Crippen LogP contribution in [-0.2, 0) is 11.4 Å². The van der Waals surface area contributed by atoms with Gasteiger partial charge in [-0.05, 0) is 30.7 Å². The third-order valence-corrected chi connectivity index (χ3v) is 4.47. The number of H-pyrrole nitrogens is 1. The number of aromatic amines is 1. The van der Waals surface area contributed by atoms with Crippen molar-refractivity contribution in [2.75, 3.05) is 11.1 Å². The number of aryl methyl sites for hydroxylation is 1. The van der Waals surface area contributed by atoms with Crippen LogP contribution in [0.1, 0.15) is 17.0 Å². The molecule has 0 aliphatic heterocycles. The highest BCUT2D eigenvalue weighted by atomic mass is 32.2. The van der Waals surface area contributed by atoms with Gasteiger partial charge < -0.3 is 10.1 Å². The van der Waals surface area contributed by atoms with Crippen molar-refractivity contribution < 1.29 is 9.53 Å². The summed E-state index contributed by atoms with van der Waals surface area (Å²) in [4.78, 5) is 16.4. The van der Waals surface area contributed by atoms with Crippen molar-refractivity contribution in [3.05, 3.63) is 65.5 Å². The fraction of sp³-hybridized carbons (Fsp3) is 0.158. The highest BCUT2D eigenvalue weighted by Gasteiger charge is 2.10. The summed E-state index contributed by atoms with van der Waals surface area (Å²) < 4.78 is 5.71. The SMILES string of the molecule is Cc1ccccc1OCc1nc(SCC(=O)Nc2ccccc2C#N)n[nH]1. The first kappa shape index (κ1) is 18.5. The van der Waals surface area contributed by atoms with Crippen molar-refractivity contribution in [1.29, 1.82) is 5.26 Å². The van der Waals surface area contributed by atoms with Crippen molar-refractivity contribution in [3.63, 3.8) is 0 Å². The molecule has 136 valence electrons. The second kappa shape index (κ2) is 8.87. The Bertz CT molecular complexity index is 980.